The second kappa shape index (κ2) is 3.98. The number of hydrogen-bond donors (Lipinski definition) is 0. The molecule has 0 aromatic rings. The topological polar surface area (TPSA) is 17.1 Å². The fourth-order valence-electron chi connectivity index (χ4n) is 1.15. The highest BCUT2D eigenvalue weighted by Gasteiger charge is 2.10. The van der Waals surface area contributed by atoms with Gasteiger partial charge in [0.2, 0.25) is 0 Å². The van der Waals surface area contributed by atoms with E-state index < -0.39 is 0 Å². The second-order valence-corrected chi connectivity index (χ2v) is 2.76. The van der Waals surface area contributed by atoms with Crippen molar-refractivity contribution in [3.63, 3.8) is 0 Å². The molecule has 1 atom stereocenters. The maximum atomic E-state index is 10.8. The quantitative estimate of drug-likeness (QED) is 0.519. The molecule has 0 saturated carbocycles. The molecular weight excluding hydrogens is 136 g/mol. The van der Waals surface area contributed by atoms with Gasteiger partial charge in [0.15, 0.2) is 5.78 Å². The van der Waals surface area contributed by atoms with Crippen molar-refractivity contribution in [2.45, 2.75) is 26.2 Å². The van der Waals surface area contributed by atoms with Crippen LogP contribution < -0.4 is 0 Å². The monoisotopic (exact) mass is 148 g/mol. The Morgan fingerprint density at radius 1 is 1.73 bits per heavy atom. The zero-order valence-corrected chi connectivity index (χ0v) is 6.76. The van der Waals surface area contributed by atoms with Crippen LogP contribution in [0.1, 0.15) is 26.2 Å². The summed E-state index contributed by atoms with van der Waals surface area (Å²) in [6.45, 7) is 1.84. The summed E-state index contributed by atoms with van der Waals surface area (Å²) in [5, 5.41) is 0. The molecule has 0 aromatic carbocycles. The first-order valence-corrected chi connectivity index (χ1v) is 3.93. The molecule has 0 fully saturated rings. The van der Waals surface area contributed by atoms with E-state index in [4.69, 9.17) is 0 Å². The molecule has 0 N–H and O–H groups in total. The molecule has 58 valence electrons. The number of hydrogen-bond acceptors (Lipinski definition) is 1. The molecule has 0 heterocycles. The Morgan fingerprint density at radius 2 is 2.55 bits per heavy atom. The first-order valence-electron chi connectivity index (χ1n) is 3.93. The lowest BCUT2D eigenvalue weighted by molar-refractivity contribution is -0.115. The summed E-state index contributed by atoms with van der Waals surface area (Å²) in [6.07, 6.45) is 6.25. The minimum atomic E-state index is 0.255. The van der Waals surface area contributed by atoms with E-state index in [1.807, 2.05) is 13.0 Å². The average Bonchev–Trinajstić information content (AvgIpc) is 2.04. The Balaban J connectivity index is 2.42. The molecule has 0 saturated heterocycles. The van der Waals surface area contributed by atoms with Gasteiger partial charge in [-0.15, -0.1) is 11.8 Å². The molecule has 0 spiro atoms. The number of carbonyl (C=O) groups excluding carboxylic acids is 1. The smallest absolute Gasteiger partial charge is 0.155 e. The van der Waals surface area contributed by atoms with Crippen LogP contribution in [0, 0.1) is 17.8 Å². The van der Waals surface area contributed by atoms with E-state index in [2.05, 4.69) is 11.8 Å². The summed E-state index contributed by atoms with van der Waals surface area (Å²) < 4.78 is 0. The van der Waals surface area contributed by atoms with Gasteiger partial charge in [-0.1, -0.05) is 6.08 Å². The van der Waals surface area contributed by atoms with Crippen LogP contribution in [-0.2, 0) is 4.79 Å². The van der Waals surface area contributed by atoms with Crippen LogP contribution in [0.3, 0.4) is 0 Å². The van der Waals surface area contributed by atoms with E-state index in [-0.39, 0.29) is 5.78 Å². The van der Waals surface area contributed by atoms with Crippen molar-refractivity contribution >= 4 is 5.78 Å². The van der Waals surface area contributed by atoms with Gasteiger partial charge in [-0.25, -0.2) is 0 Å². The third-order valence-corrected chi connectivity index (χ3v) is 1.86. The fourth-order valence-corrected chi connectivity index (χ4v) is 1.15. The Bertz CT molecular complexity index is 227. The number of allylic oxidation sites excluding steroid dienone is 2. The summed E-state index contributed by atoms with van der Waals surface area (Å²) in [7, 11) is 0. The number of rotatable bonds is 1. The van der Waals surface area contributed by atoms with E-state index in [1.54, 1.807) is 6.08 Å². The van der Waals surface area contributed by atoms with E-state index in [0.717, 1.165) is 12.8 Å². The number of ketones is 1. The molecule has 0 bridgehead atoms. The summed E-state index contributed by atoms with van der Waals surface area (Å²) in [5.74, 6) is 6.65. The van der Waals surface area contributed by atoms with Crippen LogP contribution in [-0.4, -0.2) is 5.78 Å². The van der Waals surface area contributed by atoms with Gasteiger partial charge in [0.1, 0.15) is 0 Å². The normalized spacial score (nSPS) is 22.6. The minimum Gasteiger partial charge on any atom is -0.295 e. The van der Waals surface area contributed by atoms with Crippen LogP contribution in [0.5, 0.6) is 0 Å². The molecule has 0 radical (unpaired) electrons. The van der Waals surface area contributed by atoms with Crippen molar-refractivity contribution < 1.29 is 4.79 Å². The molecule has 1 aliphatic carbocycles. The van der Waals surface area contributed by atoms with Crippen molar-refractivity contribution in [3.8, 4) is 11.8 Å². The predicted molar refractivity (Wildman–Crippen MR) is 44.9 cm³/mol. The second-order valence-electron chi connectivity index (χ2n) is 2.76. The van der Waals surface area contributed by atoms with Gasteiger partial charge < -0.3 is 0 Å². The molecule has 1 nitrogen and oxygen atoms in total. The zero-order valence-electron chi connectivity index (χ0n) is 6.76. The van der Waals surface area contributed by atoms with Gasteiger partial charge in [0.05, 0.1) is 0 Å². The van der Waals surface area contributed by atoms with Gasteiger partial charge in [-0.3, -0.25) is 4.79 Å². The van der Waals surface area contributed by atoms with Crippen molar-refractivity contribution in [3.05, 3.63) is 12.2 Å². The molecule has 0 aliphatic heterocycles. The van der Waals surface area contributed by atoms with Crippen molar-refractivity contribution in [1.29, 1.82) is 0 Å². The van der Waals surface area contributed by atoms with E-state index in [1.165, 1.54) is 0 Å². The maximum absolute atomic E-state index is 10.8. The molecule has 1 heteroatoms. The summed E-state index contributed by atoms with van der Waals surface area (Å²) >= 11 is 0. The Kier molecular flexibility index (Phi) is 2.92. The highest BCUT2D eigenvalue weighted by molar-refractivity contribution is 5.90. The summed E-state index contributed by atoms with van der Waals surface area (Å²) in [5.41, 5.74) is 0. The van der Waals surface area contributed by atoms with E-state index >= 15 is 0 Å². The molecular formula is C10H12O. The van der Waals surface area contributed by atoms with Crippen LogP contribution in [0.2, 0.25) is 0 Å². The van der Waals surface area contributed by atoms with Crippen molar-refractivity contribution in [1.82, 2.24) is 0 Å². The van der Waals surface area contributed by atoms with Crippen LogP contribution in [0.4, 0.5) is 0 Å². The largest absolute Gasteiger partial charge is 0.295 e. The van der Waals surface area contributed by atoms with Crippen LogP contribution >= 0.6 is 0 Å². The van der Waals surface area contributed by atoms with Gasteiger partial charge in [0, 0.05) is 12.8 Å². The Hall–Kier alpha value is -1.03. The molecule has 1 rings (SSSR count). The highest BCUT2D eigenvalue weighted by Crippen LogP contribution is 2.17. The molecule has 0 amide bonds. The minimum absolute atomic E-state index is 0.255. The lowest BCUT2D eigenvalue weighted by Gasteiger charge is -2.11. The van der Waals surface area contributed by atoms with Crippen molar-refractivity contribution in [2.24, 2.45) is 5.92 Å². The molecule has 1 aliphatic rings. The standard InChI is InChI=1S/C10H12O/c1-2-3-4-9-5-7-10(11)8-6-9/h5,7,9H,4,6,8H2,1H3. The molecule has 11 heavy (non-hydrogen) atoms. The number of carbonyl (C=O) groups is 1. The maximum Gasteiger partial charge on any atom is 0.155 e. The zero-order chi connectivity index (χ0) is 8.10. The van der Waals surface area contributed by atoms with Gasteiger partial charge >= 0.3 is 0 Å². The Morgan fingerprint density at radius 3 is 3.09 bits per heavy atom. The third-order valence-electron chi connectivity index (χ3n) is 1.86. The van der Waals surface area contributed by atoms with Crippen LogP contribution in [0.15, 0.2) is 12.2 Å². The molecule has 0 aromatic heterocycles. The van der Waals surface area contributed by atoms with Crippen LogP contribution in [0.25, 0.3) is 0 Å². The van der Waals surface area contributed by atoms with E-state index in [9.17, 15) is 4.79 Å². The lowest BCUT2D eigenvalue weighted by atomic mass is 9.93. The SMILES string of the molecule is CC#CCC1C=CC(=O)CC1. The van der Waals surface area contributed by atoms with E-state index in [0.29, 0.717) is 12.3 Å². The van der Waals surface area contributed by atoms with Crippen molar-refractivity contribution in [2.75, 3.05) is 0 Å². The fraction of sp³-hybridized carbons (Fsp3) is 0.500. The lowest BCUT2D eigenvalue weighted by Crippen LogP contribution is -2.06. The van der Waals surface area contributed by atoms with Gasteiger partial charge in [-0.2, -0.15) is 0 Å². The third kappa shape index (κ3) is 2.59. The average molecular weight is 148 g/mol. The molecule has 1 unspecified atom stereocenters. The first kappa shape index (κ1) is 8.07. The predicted octanol–water partition coefficient (Wildman–Crippen LogP) is 1.94. The Labute approximate surface area is 67.5 Å². The highest BCUT2D eigenvalue weighted by atomic mass is 16.1. The summed E-state index contributed by atoms with van der Waals surface area (Å²) in [4.78, 5) is 10.8. The van der Waals surface area contributed by atoms with Gasteiger partial charge in [-0.05, 0) is 25.3 Å². The van der Waals surface area contributed by atoms with Gasteiger partial charge in [0.25, 0.3) is 0 Å². The summed E-state index contributed by atoms with van der Waals surface area (Å²) in [6, 6.07) is 0. The first-order chi connectivity index (χ1) is 5.33.